The Morgan fingerprint density at radius 1 is 1.08 bits per heavy atom. The number of nitrogens with two attached hydrogens (primary N) is 1. The molecule has 0 radical (unpaired) electrons. The van der Waals surface area contributed by atoms with Crippen molar-refractivity contribution >= 4 is 62.8 Å². The van der Waals surface area contributed by atoms with Crippen molar-refractivity contribution in [2.24, 2.45) is 5.73 Å². The van der Waals surface area contributed by atoms with Gasteiger partial charge in [-0.25, -0.2) is 4.39 Å². The lowest BCUT2D eigenvalue weighted by Gasteiger charge is -2.41. The van der Waals surface area contributed by atoms with Crippen molar-refractivity contribution in [3.05, 3.63) is 99.7 Å². The third kappa shape index (κ3) is 8.29. The minimum absolute atomic E-state index is 0.0581. The maximum absolute atomic E-state index is 13.9. The Balaban J connectivity index is 1.51. The highest BCUT2D eigenvalue weighted by molar-refractivity contribution is 6.36. The van der Waals surface area contributed by atoms with E-state index >= 15 is 0 Å². The second-order valence-electron chi connectivity index (χ2n) is 12.9. The number of nitriles is 1. The van der Waals surface area contributed by atoms with Crippen LogP contribution >= 0.6 is 23.2 Å². The molecule has 12 heteroatoms. The van der Waals surface area contributed by atoms with Crippen molar-refractivity contribution in [1.29, 1.82) is 5.26 Å². The number of benzene rings is 3. The number of piperidine rings is 1. The largest absolute Gasteiger partial charge is 0.399 e. The van der Waals surface area contributed by atoms with Crippen LogP contribution in [0.3, 0.4) is 0 Å². The first-order valence-electron chi connectivity index (χ1n) is 15.7. The molecule has 6 N–H and O–H groups in total. The zero-order valence-electron chi connectivity index (χ0n) is 27.3. The zero-order valence-corrected chi connectivity index (χ0v) is 28.8. The first kappa shape index (κ1) is 34.8. The number of halogens is 3. The van der Waals surface area contributed by atoms with Crippen molar-refractivity contribution in [1.82, 2.24) is 15.2 Å². The number of pyridine rings is 1. The third-order valence-electron chi connectivity index (χ3n) is 8.35. The summed E-state index contributed by atoms with van der Waals surface area (Å²) in [5.74, 6) is -0.742. The lowest BCUT2D eigenvalue weighted by atomic mass is 9.98. The van der Waals surface area contributed by atoms with E-state index in [0.717, 1.165) is 31.5 Å². The molecule has 1 unspecified atom stereocenters. The van der Waals surface area contributed by atoms with Crippen molar-refractivity contribution < 1.29 is 9.18 Å². The van der Waals surface area contributed by atoms with Crippen molar-refractivity contribution in [2.45, 2.75) is 58.2 Å². The highest BCUT2D eigenvalue weighted by Crippen LogP contribution is 2.37. The van der Waals surface area contributed by atoms with Gasteiger partial charge >= 0.3 is 0 Å². The summed E-state index contributed by atoms with van der Waals surface area (Å²) in [5.41, 5.74) is 11.1. The van der Waals surface area contributed by atoms with Crippen LogP contribution in [0.1, 0.15) is 57.7 Å². The summed E-state index contributed by atoms with van der Waals surface area (Å²) >= 11 is 12.8. The zero-order chi connectivity index (χ0) is 34.6. The van der Waals surface area contributed by atoms with Gasteiger partial charge in [0.05, 0.1) is 38.6 Å². The van der Waals surface area contributed by atoms with Gasteiger partial charge in [0.25, 0.3) is 0 Å². The Labute approximate surface area is 290 Å². The van der Waals surface area contributed by atoms with E-state index in [4.69, 9.17) is 28.9 Å². The molecule has 1 aliphatic heterocycles. The summed E-state index contributed by atoms with van der Waals surface area (Å²) in [6, 6.07) is 17.2. The van der Waals surface area contributed by atoms with Gasteiger partial charge in [0.15, 0.2) is 0 Å². The maximum atomic E-state index is 13.9. The molecule has 0 saturated carbocycles. The third-order valence-corrected chi connectivity index (χ3v) is 8.93. The van der Waals surface area contributed by atoms with Gasteiger partial charge in [-0.1, -0.05) is 35.3 Å². The molecule has 48 heavy (non-hydrogen) atoms. The van der Waals surface area contributed by atoms with E-state index < -0.39 is 11.9 Å². The van der Waals surface area contributed by atoms with Crippen LogP contribution in [0.15, 0.2) is 72.7 Å². The molecule has 2 heterocycles. The van der Waals surface area contributed by atoms with Gasteiger partial charge in [0.2, 0.25) is 5.91 Å². The molecule has 0 bridgehead atoms. The van der Waals surface area contributed by atoms with E-state index in [0.29, 0.717) is 44.4 Å². The van der Waals surface area contributed by atoms with Crippen LogP contribution < -0.4 is 27.0 Å². The number of anilines is 4. The Bertz CT molecular complexity index is 1890. The second-order valence-corrected chi connectivity index (χ2v) is 13.7. The lowest BCUT2D eigenvalue weighted by molar-refractivity contribution is -0.114. The average Bonchev–Trinajstić information content (AvgIpc) is 3.04. The van der Waals surface area contributed by atoms with Crippen molar-refractivity contribution in [3.63, 3.8) is 0 Å². The molecular formula is C36H39Cl2FN8O. The number of carbonyl (C=O) groups is 1. The number of amides is 1. The number of carbonyl (C=O) groups excluding carboxylic acids is 1. The topological polar surface area (TPSA) is 131 Å². The minimum atomic E-state index is -0.555. The van der Waals surface area contributed by atoms with Gasteiger partial charge in [-0.3, -0.25) is 14.7 Å². The van der Waals surface area contributed by atoms with Gasteiger partial charge in [0.1, 0.15) is 11.9 Å². The van der Waals surface area contributed by atoms with Gasteiger partial charge in [-0.15, -0.1) is 0 Å². The number of fused-ring (bicyclic) bond motifs is 1. The van der Waals surface area contributed by atoms with Gasteiger partial charge in [-0.05, 0) is 81.6 Å². The number of hydrogen-bond donors (Lipinski definition) is 5. The molecule has 1 fully saturated rings. The van der Waals surface area contributed by atoms with Crippen LogP contribution in [0.2, 0.25) is 10.0 Å². The standard InChI is InChI=1S/C36H39Cl2FN8O/c1-21(48)44-25-7-5-6-22(14-25)34(32(41)20-42-24-10-12-47(13-11-24)36(2,3)4)46-27-15-28-33(45-26-8-9-31(39)29(37)16-26)23(18-40)19-43-35(28)30(38)17-27/h5-9,14-17,19-20,24,34,42,46H,10-13,41H2,1-4H3,(H,43,45)(H,44,48)/b32-20-. The Kier molecular flexibility index (Phi) is 10.6. The average molecular weight is 690 g/mol. The van der Waals surface area contributed by atoms with E-state index in [9.17, 15) is 14.4 Å². The van der Waals surface area contributed by atoms with Crippen LogP contribution in [0.25, 0.3) is 10.9 Å². The number of aromatic nitrogens is 1. The number of likely N-dealkylation sites (tertiary alicyclic amines) is 1. The van der Waals surface area contributed by atoms with Crippen molar-refractivity contribution in [2.75, 3.05) is 29.0 Å². The summed E-state index contributed by atoms with van der Waals surface area (Å²) in [6.07, 6.45) is 5.26. The first-order valence-corrected chi connectivity index (χ1v) is 16.4. The monoisotopic (exact) mass is 688 g/mol. The first-order chi connectivity index (χ1) is 22.8. The van der Waals surface area contributed by atoms with E-state index in [1.54, 1.807) is 6.07 Å². The molecule has 9 nitrogen and oxygen atoms in total. The summed E-state index contributed by atoms with van der Waals surface area (Å²) in [7, 11) is 0. The smallest absolute Gasteiger partial charge is 0.221 e. The molecule has 4 aromatic rings. The van der Waals surface area contributed by atoms with E-state index in [-0.39, 0.29) is 28.1 Å². The van der Waals surface area contributed by atoms with E-state index in [2.05, 4.69) is 58.0 Å². The van der Waals surface area contributed by atoms with Crippen LogP contribution in [0.5, 0.6) is 0 Å². The highest BCUT2D eigenvalue weighted by atomic mass is 35.5. The SMILES string of the molecule is CC(=O)Nc1cccc(C(Nc2cc(Cl)c3ncc(C#N)c(Nc4ccc(F)c(Cl)c4)c3c2)/C(N)=C/NC2CCN(C(C)(C)C)CC2)c1. The Hall–Kier alpha value is -4.56. The van der Waals surface area contributed by atoms with Gasteiger partial charge in [-0.2, -0.15) is 5.26 Å². The molecule has 1 atom stereocenters. The number of nitrogens with zero attached hydrogens (tertiary/aromatic N) is 3. The number of rotatable bonds is 9. The summed E-state index contributed by atoms with van der Waals surface area (Å²) < 4.78 is 13.9. The number of hydrogen-bond acceptors (Lipinski definition) is 8. The van der Waals surface area contributed by atoms with Gasteiger partial charge in [0, 0.05) is 66.4 Å². The Morgan fingerprint density at radius 3 is 2.48 bits per heavy atom. The fourth-order valence-electron chi connectivity index (χ4n) is 5.82. The molecule has 250 valence electrons. The lowest BCUT2D eigenvalue weighted by Crippen LogP contribution is -2.49. The summed E-state index contributed by atoms with van der Waals surface area (Å²) in [5, 5.41) is 23.9. The quantitative estimate of drug-likeness (QED) is 0.119. The summed E-state index contributed by atoms with van der Waals surface area (Å²) in [4.78, 5) is 18.8. The molecule has 0 aliphatic carbocycles. The molecule has 1 aliphatic rings. The molecule has 1 saturated heterocycles. The normalized spacial score (nSPS) is 15.1. The fraction of sp³-hybridized carbons (Fsp3) is 0.306. The van der Waals surface area contributed by atoms with E-state index in [1.165, 1.54) is 31.3 Å². The molecule has 1 aromatic heterocycles. The predicted molar refractivity (Wildman–Crippen MR) is 193 cm³/mol. The second kappa shape index (κ2) is 14.7. The Morgan fingerprint density at radius 2 is 1.81 bits per heavy atom. The molecule has 0 spiro atoms. The molecule has 1 amide bonds. The van der Waals surface area contributed by atoms with E-state index in [1.807, 2.05) is 36.5 Å². The van der Waals surface area contributed by atoms with Crippen LogP contribution in [-0.2, 0) is 4.79 Å². The van der Waals surface area contributed by atoms with Crippen LogP contribution in [0.4, 0.5) is 27.1 Å². The molecule has 3 aromatic carbocycles. The van der Waals surface area contributed by atoms with Crippen LogP contribution in [0, 0.1) is 17.1 Å². The predicted octanol–water partition coefficient (Wildman–Crippen LogP) is 8.06. The van der Waals surface area contributed by atoms with Crippen LogP contribution in [-0.4, -0.2) is 40.5 Å². The van der Waals surface area contributed by atoms with Crippen molar-refractivity contribution in [3.8, 4) is 6.07 Å². The highest BCUT2D eigenvalue weighted by Gasteiger charge is 2.27. The molecular weight excluding hydrogens is 650 g/mol. The molecule has 5 rings (SSSR count). The minimum Gasteiger partial charge on any atom is -0.399 e. The maximum Gasteiger partial charge on any atom is 0.221 e. The number of nitrogens with one attached hydrogen (secondary N) is 4. The summed E-state index contributed by atoms with van der Waals surface area (Å²) in [6.45, 7) is 10.1. The van der Waals surface area contributed by atoms with Gasteiger partial charge < -0.3 is 27.0 Å². The fourth-order valence-corrected chi connectivity index (χ4v) is 6.27.